The van der Waals surface area contributed by atoms with Crippen LogP contribution in [0.2, 0.25) is 10.0 Å². The maximum absolute atomic E-state index is 13.5. The molecule has 0 saturated carbocycles. The lowest BCUT2D eigenvalue weighted by Gasteiger charge is -2.34. The molecule has 2 aromatic rings. The predicted molar refractivity (Wildman–Crippen MR) is 147 cm³/mol. The highest BCUT2D eigenvalue weighted by Crippen LogP contribution is 2.46. The van der Waals surface area contributed by atoms with Crippen LogP contribution >= 0.6 is 23.2 Å². The SMILES string of the molecule is CC(NC(=O)c1ccc2c(c1)NC1=C(C(=O)CC(C)(C)C1)C(c1ccc(Cl)cc1Cl)N2)N1CCOCC1. The Morgan fingerprint density at radius 1 is 1.11 bits per heavy atom. The molecule has 3 aliphatic rings. The molecule has 1 aliphatic carbocycles. The smallest absolute Gasteiger partial charge is 0.252 e. The molecule has 2 aliphatic heterocycles. The second-order valence-corrected chi connectivity index (χ2v) is 11.6. The molecular weight excluding hydrogens is 511 g/mol. The average molecular weight is 543 g/mol. The van der Waals surface area contributed by atoms with Crippen LogP contribution in [0.3, 0.4) is 0 Å². The van der Waals surface area contributed by atoms with E-state index in [0.29, 0.717) is 47.2 Å². The number of rotatable bonds is 4. The zero-order chi connectivity index (χ0) is 26.3. The molecule has 9 heteroatoms. The predicted octanol–water partition coefficient (Wildman–Crippen LogP) is 5.62. The Morgan fingerprint density at radius 2 is 1.86 bits per heavy atom. The number of ketones is 1. The lowest BCUT2D eigenvalue weighted by molar-refractivity contribution is -0.118. The van der Waals surface area contributed by atoms with E-state index in [-0.39, 0.29) is 23.3 Å². The fourth-order valence-electron chi connectivity index (χ4n) is 5.38. The van der Waals surface area contributed by atoms with Crippen LogP contribution in [0.4, 0.5) is 11.4 Å². The van der Waals surface area contributed by atoms with Crippen LogP contribution in [0.5, 0.6) is 0 Å². The van der Waals surface area contributed by atoms with Crippen LogP contribution in [0.15, 0.2) is 47.7 Å². The van der Waals surface area contributed by atoms with Gasteiger partial charge in [-0.25, -0.2) is 0 Å². The Morgan fingerprint density at radius 3 is 2.59 bits per heavy atom. The van der Waals surface area contributed by atoms with Gasteiger partial charge in [0, 0.05) is 46.4 Å². The highest BCUT2D eigenvalue weighted by atomic mass is 35.5. The summed E-state index contributed by atoms with van der Waals surface area (Å²) >= 11 is 12.8. The summed E-state index contributed by atoms with van der Waals surface area (Å²) in [6.45, 7) is 9.08. The topological polar surface area (TPSA) is 82.7 Å². The number of morpholine rings is 1. The summed E-state index contributed by atoms with van der Waals surface area (Å²) in [5.41, 5.74) is 4.19. The minimum Gasteiger partial charge on any atom is -0.379 e. The highest BCUT2D eigenvalue weighted by Gasteiger charge is 2.39. The molecule has 3 N–H and O–H groups in total. The summed E-state index contributed by atoms with van der Waals surface area (Å²) in [5, 5.41) is 11.2. The number of benzene rings is 2. The number of nitrogens with one attached hydrogen (secondary N) is 3. The van der Waals surface area contributed by atoms with Crippen molar-refractivity contribution in [2.75, 3.05) is 36.9 Å². The highest BCUT2D eigenvalue weighted by molar-refractivity contribution is 6.35. The molecule has 0 bridgehead atoms. The lowest BCUT2D eigenvalue weighted by atomic mass is 9.73. The van der Waals surface area contributed by atoms with Gasteiger partial charge in [0.1, 0.15) is 0 Å². The number of ether oxygens (including phenoxy) is 1. The Bertz CT molecular complexity index is 1270. The summed E-state index contributed by atoms with van der Waals surface area (Å²) in [6, 6.07) is 10.4. The van der Waals surface area contributed by atoms with E-state index >= 15 is 0 Å². The van der Waals surface area contributed by atoms with Crippen LogP contribution in [0.1, 0.15) is 55.6 Å². The third-order valence-corrected chi connectivity index (χ3v) is 7.85. The summed E-state index contributed by atoms with van der Waals surface area (Å²) < 4.78 is 5.42. The Kier molecular flexibility index (Phi) is 7.24. The molecule has 1 amide bonds. The van der Waals surface area contributed by atoms with Gasteiger partial charge in [0.05, 0.1) is 36.8 Å². The third-order valence-electron chi connectivity index (χ3n) is 7.28. The minimum atomic E-state index is -0.446. The number of anilines is 2. The number of amides is 1. The van der Waals surface area contributed by atoms with Crippen LogP contribution in [-0.2, 0) is 9.53 Å². The van der Waals surface area contributed by atoms with E-state index in [0.717, 1.165) is 35.7 Å². The molecule has 0 aromatic heterocycles. The number of nitrogens with zero attached hydrogens (tertiary/aromatic N) is 1. The first-order valence-electron chi connectivity index (χ1n) is 12.6. The van der Waals surface area contributed by atoms with Gasteiger partial charge in [0.2, 0.25) is 0 Å². The van der Waals surface area contributed by atoms with Crippen molar-refractivity contribution in [1.29, 1.82) is 0 Å². The van der Waals surface area contributed by atoms with Crippen molar-refractivity contribution < 1.29 is 14.3 Å². The van der Waals surface area contributed by atoms with Gasteiger partial charge in [-0.2, -0.15) is 0 Å². The molecular formula is C28H32Cl2N4O3. The molecule has 2 unspecified atom stereocenters. The van der Waals surface area contributed by atoms with Gasteiger partial charge in [-0.15, -0.1) is 0 Å². The first-order valence-corrected chi connectivity index (χ1v) is 13.4. The Labute approximate surface area is 227 Å². The number of carbonyl (C=O) groups excluding carboxylic acids is 2. The maximum atomic E-state index is 13.5. The van der Waals surface area contributed by atoms with Gasteiger partial charge in [-0.1, -0.05) is 43.1 Å². The fraction of sp³-hybridized carbons (Fsp3) is 0.429. The number of carbonyl (C=O) groups is 2. The molecule has 1 saturated heterocycles. The van der Waals surface area contributed by atoms with Gasteiger partial charge in [0.25, 0.3) is 5.91 Å². The van der Waals surface area contributed by atoms with Crippen LogP contribution in [-0.4, -0.2) is 49.1 Å². The number of hydrogen-bond donors (Lipinski definition) is 3. The van der Waals surface area contributed by atoms with Gasteiger partial charge in [-0.3, -0.25) is 14.5 Å². The quantitative estimate of drug-likeness (QED) is 0.464. The van der Waals surface area contributed by atoms with E-state index < -0.39 is 6.04 Å². The number of halogens is 2. The van der Waals surface area contributed by atoms with Crippen LogP contribution < -0.4 is 16.0 Å². The summed E-state index contributed by atoms with van der Waals surface area (Å²) in [7, 11) is 0. The number of hydrogen-bond acceptors (Lipinski definition) is 6. The second kappa shape index (κ2) is 10.3. The zero-order valence-corrected chi connectivity index (χ0v) is 22.8. The normalized spacial score (nSPS) is 22.2. The third kappa shape index (κ3) is 5.50. The van der Waals surface area contributed by atoms with Crippen molar-refractivity contribution in [3.05, 3.63) is 68.8 Å². The molecule has 196 valence electrons. The molecule has 0 radical (unpaired) electrons. The van der Waals surface area contributed by atoms with E-state index in [1.54, 1.807) is 18.2 Å². The van der Waals surface area contributed by atoms with E-state index in [4.69, 9.17) is 27.9 Å². The first-order chi connectivity index (χ1) is 17.6. The number of fused-ring (bicyclic) bond motifs is 1. The Balaban J connectivity index is 1.49. The zero-order valence-electron chi connectivity index (χ0n) is 21.3. The molecule has 0 spiro atoms. The molecule has 7 nitrogen and oxygen atoms in total. The van der Waals surface area contributed by atoms with Gasteiger partial charge >= 0.3 is 0 Å². The molecule has 1 fully saturated rings. The summed E-state index contributed by atoms with van der Waals surface area (Å²) in [4.78, 5) is 28.8. The molecule has 2 atom stereocenters. The van der Waals surface area contributed by atoms with E-state index in [1.165, 1.54) is 0 Å². The minimum absolute atomic E-state index is 0.0763. The lowest BCUT2D eigenvalue weighted by Crippen LogP contribution is -2.50. The second-order valence-electron chi connectivity index (χ2n) is 10.8. The maximum Gasteiger partial charge on any atom is 0.252 e. The monoisotopic (exact) mass is 542 g/mol. The van der Waals surface area contributed by atoms with Crippen LogP contribution in [0, 0.1) is 5.41 Å². The largest absolute Gasteiger partial charge is 0.379 e. The summed E-state index contributed by atoms with van der Waals surface area (Å²) in [6.07, 6.45) is 1.03. The van der Waals surface area contributed by atoms with Gasteiger partial charge in [-0.05, 0) is 54.7 Å². The first kappa shape index (κ1) is 26.0. The van der Waals surface area contributed by atoms with Crippen molar-refractivity contribution in [3.63, 3.8) is 0 Å². The van der Waals surface area contributed by atoms with Crippen molar-refractivity contribution in [3.8, 4) is 0 Å². The standard InChI is InChI=1S/C28H32Cl2N4O3/c1-16(34-8-10-37-11-9-34)31-27(36)17-4-7-21-22(12-17)32-23-14-28(2,3)15-24(35)25(23)26(33-21)19-6-5-18(29)13-20(19)30/h4-7,12-13,16,26,32-33H,8-11,14-15H2,1-3H3,(H,31,36). The molecule has 2 aromatic carbocycles. The van der Waals surface area contributed by atoms with Crippen molar-refractivity contribution in [2.45, 2.75) is 45.8 Å². The van der Waals surface area contributed by atoms with E-state index in [1.807, 2.05) is 25.1 Å². The van der Waals surface area contributed by atoms with Gasteiger partial charge < -0.3 is 20.7 Å². The fourth-order valence-corrected chi connectivity index (χ4v) is 5.90. The number of Topliss-reactive ketones (excluding diaryl/α,β-unsaturated/α-hetero) is 1. The molecule has 5 rings (SSSR count). The van der Waals surface area contributed by atoms with Crippen molar-refractivity contribution in [2.24, 2.45) is 5.41 Å². The Hall–Kier alpha value is -2.58. The van der Waals surface area contributed by atoms with Crippen molar-refractivity contribution >= 4 is 46.3 Å². The van der Waals surface area contributed by atoms with Crippen LogP contribution in [0.25, 0.3) is 0 Å². The number of allylic oxidation sites excluding steroid dienone is 1. The van der Waals surface area contributed by atoms with Gasteiger partial charge in [0.15, 0.2) is 5.78 Å². The molecule has 37 heavy (non-hydrogen) atoms. The van der Waals surface area contributed by atoms with E-state index in [2.05, 4.69) is 34.7 Å². The van der Waals surface area contributed by atoms with Crippen molar-refractivity contribution in [1.82, 2.24) is 10.2 Å². The van der Waals surface area contributed by atoms with E-state index in [9.17, 15) is 9.59 Å². The summed E-state index contributed by atoms with van der Waals surface area (Å²) in [5.74, 6) is -0.0771. The molecule has 2 heterocycles. The average Bonchev–Trinajstić information content (AvgIpc) is 2.99.